The van der Waals surface area contributed by atoms with E-state index in [1.807, 2.05) is 0 Å². The molecule has 268 valence electrons. The van der Waals surface area contributed by atoms with Crippen molar-refractivity contribution in [2.75, 3.05) is 26.4 Å². The van der Waals surface area contributed by atoms with E-state index in [1.54, 1.807) is 0 Å². The Morgan fingerprint density at radius 2 is 1.54 bits per heavy atom. The van der Waals surface area contributed by atoms with Crippen molar-refractivity contribution in [2.45, 2.75) is 112 Å². The highest BCUT2D eigenvalue weighted by molar-refractivity contribution is 5.76. The molecule has 2 fully saturated rings. The molecule has 2 saturated heterocycles. The van der Waals surface area contributed by atoms with Gasteiger partial charge >= 0.3 is 5.97 Å². The Balaban J connectivity index is 2.42. The van der Waals surface area contributed by atoms with Gasteiger partial charge in [0.25, 0.3) is 5.79 Å². The number of nitrogens with one attached hydrogen (secondary N) is 2. The van der Waals surface area contributed by atoms with Gasteiger partial charge in [0.15, 0.2) is 6.29 Å². The summed E-state index contributed by atoms with van der Waals surface area (Å²) >= 11 is 0. The Morgan fingerprint density at radius 1 is 0.913 bits per heavy atom. The van der Waals surface area contributed by atoms with Gasteiger partial charge in [-0.1, -0.05) is 0 Å². The number of aliphatic hydroxyl groups is 11. The number of hydrogen-bond donors (Lipinski definition) is 14. The van der Waals surface area contributed by atoms with Crippen molar-refractivity contribution in [3.05, 3.63) is 0 Å². The molecule has 46 heavy (non-hydrogen) atoms. The summed E-state index contributed by atoms with van der Waals surface area (Å²) in [7, 11) is 0. The maximum absolute atomic E-state index is 12.4. The summed E-state index contributed by atoms with van der Waals surface area (Å²) in [6, 6.07) is -3.09. The second kappa shape index (κ2) is 17.3. The zero-order chi connectivity index (χ0) is 35.1. The average molecular weight is 677 g/mol. The van der Waals surface area contributed by atoms with Gasteiger partial charge in [0, 0.05) is 20.3 Å². The molecule has 0 bridgehead atoms. The number of rotatable bonds is 16. The van der Waals surface area contributed by atoms with E-state index in [9.17, 15) is 75.7 Å². The molecule has 14 N–H and O–H groups in total. The lowest BCUT2D eigenvalue weighted by Crippen LogP contribution is -2.68. The van der Waals surface area contributed by atoms with Crippen LogP contribution in [0.15, 0.2) is 0 Å². The van der Waals surface area contributed by atoms with Crippen LogP contribution in [-0.2, 0) is 33.3 Å². The van der Waals surface area contributed by atoms with Crippen molar-refractivity contribution in [2.24, 2.45) is 0 Å². The molecule has 0 spiro atoms. The van der Waals surface area contributed by atoms with Crippen LogP contribution in [0.4, 0.5) is 0 Å². The molecule has 2 amide bonds. The summed E-state index contributed by atoms with van der Waals surface area (Å²) in [5.74, 6) is -6.37. The third-order valence-corrected chi connectivity index (χ3v) is 7.53. The van der Waals surface area contributed by atoms with Gasteiger partial charge in [-0.25, -0.2) is 4.79 Å². The topological polar surface area (TPSA) is 355 Å². The van der Waals surface area contributed by atoms with Crippen molar-refractivity contribution >= 4 is 17.8 Å². The van der Waals surface area contributed by atoms with Gasteiger partial charge in [-0.05, 0) is 0 Å². The quantitative estimate of drug-likeness (QED) is 0.0721. The highest BCUT2D eigenvalue weighted by Gasteiger charge is 2.56. The minimum atomic E-state index is -2.93. The largest absolute Gasteiger partial charge is 0.477 e. The smallest absolute Gasteiger partial charge is 0.364 e. The Morgan fingerprint density at radius 3 is 2.04 bits per heavy atom. The summed E-state index contributed by atoms with van der Waals surface area (Å²) in [4.78, 5) is 35.8. The average Bonchev–Trinajstić information content (AvgIpc) is 3.00. The first-order valence-electron chi connectivity index (χ1n) is 14.1. The minimum absolute atomic E-state index is 0.748. The monoisotopic (exact) mass is 676 g/mol. The molecule has 21 nitrogen and oxygen atoms in total. The summed E-state index contributed by atoms with van der Waals surface area (Å²) < 4.78 is 21.5. The molecule has 0 saturated carbocycles. The van der Waals surface area contributed by atoms with Crippen LogP contribution >= 0.6 is 0 Å². The van der Waals surface area contributed by atoms with Crippen LogP contribution in [0.5, 0.6) is 0 Å². The zero-order valence-corrected chi connectivity index (χ0v) is 24.8. The molecule has 15 atom stereocenters. The first-order chi connectivity index (χ1) is 21.4. The highest BCUT2D eigenvalue weighted by atomic mass is 16.7. The van der Waals surface area contributed by atoms with Crippen LogP contribution in [-0.4, -0.2) is 197 Å². The molecule has 2 aliphatic heterocycles. The number of carboxylic acids is 1. The van der Waals surface area contributed by atoms with Gasteiger partial charge in [-0.2, -0.15) is 0 Å². The van der Waals surface area contributed by atoms with Gasteiger partial charge in [-0.15, -0.1) is 0 Å². The van der Waals surface area contributed by atoms with Crippen molar-refractivity contribution in [1.29, 1.82) is 0 Å². The number of amides is 2. The molecular weight excluding hydrogens is 632 g/mol. The van der Waals surface area contributed by atoms with Gasteiger partial charge in [-0.3, -0.25) is 9.59 Å². The molecule has 21 heteroatoms. The standard InChI is InChI=1S/C25H44N2O19/c1-8(31)26-10(4-28)16(36)21(45-23-20(40)19(39)18(38)14(6-30)44-23)13(35)7-43-25(24(41)42)3-11(33)15(27-9(2)32)22(46-25)17(37)12(34)5-29/h10-23,28-30,33-40H,3-7H2,1-2H3,(H,26,31)(H,27,32)(H,41,42)/t10-,11-,12+,13+,14+,15+,16+,17+,18-,19-,20+,21-,22+,23-,25+/m0/s1. The fraction of sp³-hybridized carbons (Fsp3) is 0.880. The molecule has 2 rings (SSSR count). The summed E-state index contributed by atoms with van der Waals surface area (Å²) in [6.07, 6.45) is -24.4. The Kier molecular flexibility index (Phi) is 15.0. The molecule has 0 aromatic heterocycles. The number of ether oxygens (including phenoxy) is 4. The number of aliphatic hydroxyl groups excluding tert-OH is 11. The van der Waals surface area contributed by atoms with Gasteiger partial charge in [0.2, 0.25) is 11.8 Å². The molecule has 2 heterocycles. The minimum Gasteiger partial charge on any atom is -0.477 e. The fourth-order valence-corrected chi connectivity index (χ4v) is 5.05. The summed E-state index contributed by atoms with van der Waals surface area (Å²) in [5, 5.41) is 127. The number of aliphatic carboxylic acids is 1. The van der Waals surface area contributed by atoms with Crippen molar-refractivity contribution < 1.29 is 94.6 Å². The van der Waals surface area contributed by atoms with Crippen molar-refractivity contribution in [3.63, 3.8) is 0 Å². The SMILES string of the molecule is CC(=O)N[C@H]1[C@H]([C@H](O)[C@H](O)CO)O[C@@](OC[C@@H](O)[C@H](O[C@@H]2O[C@H](CO)[C@H](O)[C@H](O)[C@H]2O)[C@H](O)[C@H](CO)NC(C)=O)(C(=O)O)C[C@@H]1O. The fourth-order valence-electron chi connectivity index (χ4n) is 5.05. The van der Waals surface area contributed by atoms with Crippen LogP contribution in [0, 0.1) is 0 Å². The lowest BCUT2D eigenvalue weighted by Gasteiger charge is -2.47. The van der Waals surface area contributed by atoms with Gasteiger partial charge < -0.3 is 90.9 Å². The van der Waals surface area contributed by atoms with Crippen molar-refractivity contribution in [1.82, 2.24) is 10.6 Å². The number of carbonyl (C=O) groups is 3. The van der Waals surface area contributed by atoms with Gasteiger partial charge in [0.1, 0.15) is 61.0 Å². The van der Waals surface area contributed by atoms with Crippen LogP contribution in [0.3, 0.4) is 0 Å². The Hall–Kier alpha value is -2.19. The van der Waals surface area contributed by atoms with E-state index in [1.165, 1.54) is 0 Å². The summed E-state index contributed by atoms with van der Waals surface area (Å²) in [6.45, 7) is -1.99. The zero-order valence-electron chi connectivity index (χ0n) is 24.8. The number of carbonyl (C=O) groups excluding carboxylic acids is 2. The van der Waals surface area contributed by atoms with Gasteiger partial charge in [0.05, 0.1) is 44.6 Å². The second-order valence-corrected chi connectivity index (χ2v) is 11.0. The Bertz CT molecular complexity index is 1010. The normalized spacial score (nSPS) is 35.7. The highest BCUT2D eigenvalue weighted by Crippen LogP contribution is 2.34. The van der Waals surface area contributed by atoms with Crippen LogP contribution < -0.4 is 10.6 Å². The second-order valence-electron chi connectivity index (χ2n) is 11.0. The lowest BCUT2D eigenvalue weighted by molar-refractivity contribution is -0.335. The van der Waals surface area contributed by atoms with Crippen LogP contribution in [0.2, 0.25) is 0 Å². The van der Waals surface area contributed by atoms with E-state index in [0.29, 0.717) is 0 Å². The molecule has 0 aromatic carbocycles. The van der Waals surface area contributed by atoms with E-state index < -0.39 is 142 Å². The number of hydrogen-bond acceptors (Lipinski definition) is 18. The third-order valence-electron chi connectivity index (χ3n) is 7.53. The maximum atomic E-state index is 12.4. The molecule has 0 aromatic rings. The summed E-state index contributed by atoms with van der Waals surface area (Å²) in [5.41, 5.74) is 0. The van der Waals surface area contributed by atoms with E-state index in [0.717, 1.165) is 13.8 Å². The Labute approximate surface area is 261 Å². The van der Waals surface area contributed by atoms with E-state index in [4.69, 9.17) is 18.9 Å². The molecule has 2 aliphatic rings. The predicted molar refractivity (Wildman–Crippen MR) is 144 cm³/mol. The molecular formula is C25H44N2O19. The molecule has 0 unspecified atom stereocenters. The first-order valence-corrected chi connectivity index (χ1v) is 14.1. The predicted octanol–water partition coefficient (Wildman–Crippen LogP) is -8.44. The van der Waals surface area contributed by atoms with Crippen molar-refractivity contribution in [3.8, 4) is 0 Å². The molecule has 0 radical (unpaired) electrons. The number of carboxylic acid groups (broad SMARTS) is 1. The van der Waals surface area contributed by atoms with E-state index in [2.05, 4.69) is 10.6 Å². The third kappa shape index (κ3) is 9.46. The lowest BCUT2D eigenvalue weighted by atomic mass is 9.88. The first kappa shape index (κ1) is 40.0. The van der Waals surface area contributed by atoms with Crippen LogP contribution in [0.25, 0.3) is 0 Å². The maximum Gasteiger partial charge on any atom is 0.364 e. The van der Waals surface area contributed by atoms with Crippen LogP contribution in [0.1, 0.15) is 20.3 Å². The van der Waals surface area contributed by atoms with E-state index >= 15 is 0 Å². The molecule has 0 aliphatic carbocycles. The van der Waals surface area contributed by atoms with E-state index in [-0.39, 0.29) is 0 Å².